The second-order valence-corrected chi connectivity index (χ2v) is 4.04. The third kappa shape index (κ3) is 2.65. The molecule has 0 aliphatic rings. The molecule has 2 aromatic rings. The molecular weight excluding hydrogens is 244 g/mol. The van der Waals surface area contributed by atoms with Gasteiger partial charge < -0.3 is 15.8 Å². The molecule has 3 N–H and O–H groups in total. The van der Waals surface area contributed by atoms with Gasteiger partial charge >= 0.3 is 0 Å². The van der Waals surface area contributed by atoms with Crippen LogP contribution in [0.3, 0.4) is 0 Å². The summed E-state index contributed by atoms with van der Waals surface area (Å²) in [7, 11) is 0. The maximum atomic E-state index is 11.2. The highest BCUT2D eigenvalue weighted by molar-refractivity contribution is 5.71. The average molecular weight is 258 g/mol. The third-order valence-corrected chi connectivity index (χ3v) is 2.71. The fourth-order valence-corrected chi connectivity index (χ4v) is 1.63. The zero-order chi connectivity index (χ0) is 13.8. The Morgan fingerprint density at radius 3 is 2.47 bits per heavy atom. The van der Waals surface area contributed by atoms with Crippen LogP contribution in [-0.4, -0.2) is 6.61 Å². The van der Waals surface area contributed by atoms with Crippen LogP contribution in [0, 0.1) is 0 Å². The molecule has 0 aliphatic carbocycles. The van der Waals surface area contributed by atoms with Gasteiger partial charge in [-0.15, -0.1) is 0 Å². The summed E-state index contributed by atoms with van der Waals surface area (Å²) in [5.41, 5.74) is 5.42. The van der Waals surface area contributed by atoms with E-state index in [0.717, 1.165) is 11.3 Å². The Labute approximate surface area is 110 Å². The lowest BCUT2D eigenvalue weighted by molar-refractivity contribution is 0.363. The molecule has 5 heteroatoms. The van der Waals surface area contributed by atoms with E-state index in [1.165, 1.54) is 0 Å². The minimum absolute atomic E-state index is 0.0101. The molecule has 5 nitrogen and oxygen atoms in total. The molecule has 0 amide bonds. The number of anilines is 2. The summed E-state index contributed by atoms with van der Waals surface area (Å²) in [6, 6.07) is 7.39. The van der Waals surface area contributed by atoms with Crippen LogP contribution in [0.1, 0.15) is 5.56 Å². The van der Waals surface area contributed by atoms with E-state index in [9.17, 15) is 9.59 Å². The molecule has 0 heterocycles. The molecule has 0 spiro atoms. The van der Waals surface area contributed by atoms with Crippen LogP contribution in [-0.2, 0) is 6.54 Å². The van der Waals surface area contributed by atoms with Gasteiger partial charge in [0.25, 0.3) is 10.9 Å². The smallest absolute Gasteiger partial charge is 0.253 e. The first-order chi connectivity index (χ1) is 9.13. The van der Waals surface area contributed by atoms with Crippen LogP contribution in [0.2, 0.25) is 0 Å². The molecule has 0 saturated heterocycles. The molecule has 0 bridgehead atoms. The van der Waals surface area contributed by atoms with Crippen molar-refractivity contribution in [2.24, 2.45) is 0 Å². The summed E-state index contributed by atoms with van der Waals surface area (Å²) < 4.78 is 5.35. The van der Waals surface area contributed by atoms with Crippen molar-refractivity contribution in [3.63, 3.8) is 0 Å². The molecular formula is C14H14N2O3. The SMILES string of the molecule is C=CCOc1ccc(CNc2c(N)c(=O)c2=O)cc1. The van der Waals surface area contributed by atoms with E-state index >= 15 is 0 Å². The third-order valence-electron chi connectivity index (χ3n) is 2.71. The fourth-order valence-electron chi connectivity index (χ4n) is 1.63. The highest BCUT2D eigenvalue weighted by Gasteiger charge is 2.16. The van der Waals surface area contributed by atoms with Crippen LogP contribution in [0.4, 0.5) is 11.4 Å². The minimum Gasteiger partial charge on any atom is -0.490 e. The molecule has 0 radical (unpaired) electrons. The molecule has 2 rings (SSSR count). The second-order valence-electron chi connectivity index (χ2n) is 4.04. The van der Waals surface area contributed by atoms with Gasteiger partial charge in [-0.25, -0.2) is 0 Å². The van der Waals surface area contributed by atoms with Gasteiger partial charge in [0.15, 0.2) is 0 Å². The van der Waals surface area contributed by atoms with Gasteiger partial charge in [-0.1, -0.05) is 24.8 Å². The largest absolute Gasteiger partial charge is 0.490 e. The Balaban J connectivity index is 1.95. The Kier molecular flexibility index (Phi) is 3.66. The van der Waals surface area contributed by atoms with Crippen LogP contribution in [0.25, 0.3) is 0 Å². The van der Waals surface area contributed by atoms with Gasteiger partial charge in [0.05, 0.1) is 0 Å². The maximum absolute atomic E-state index is 11.2. The second kappa shape index (κ2) is 5.39. The number of rotatable bonds is 6. The molecule has 0 atom stereocenters. The number of ether oxygens (including phenoxy) is 1. The van der Waals surface area contributed by atoms with Gasteiger partial charge in [0.2, 0.25) is 0 Å². The highest BCUT2D eigenvalue weighted by Crippen LogP contribution is 2.15. The van der Waals surface area contributed by atoms with E-state index in [4.69, 9.17) is 10.5 Å². The van der Waals surface area contributed by atoms with Crippen LogP contribution < -0.4 is 26.6 Å². The van der Waals surface area contributed by atoms with Crippen molar-refractivity contribution < 1.29 is 4.74 Å². The molecule has 98 valence electrons. The van der Waals surface area contributed by atoms with Crippen molar-refractivity contribution in [2.45, 2.75) is 6.54 Å². The number of nitrogen functional groups attached to an aromatic ring is 1. The Morgan fingerprint density at radius 1 is 1.21 bits per heavy atom. The van der Waals surface area contributed by atoms with Gasteiger partial charge in [0.1, 0.15) is 23.7 Å². The average Bonchev–Trinajstić information content (AvgIpc) is 2.46. The maximum Gasteiger partial charge on any atom is 0.253 e. The summed E-state index contributed by atoms with van der Waals surface area (Å²) in [5, 5.41) is 2.86. The lowest BCUT2D eigenvalue weighted by Crippen LogP contribution is -2.36. The minimum atomic E-state index is -0.615. The number of hydrogen-bond acceptors (Lipinski definition) is 5. The summed E-state index contributed by atoms with van der Waals surface area (Å²) >= 11 is 0. The zero-order valence-electron chi connectivity index (χ0n) is 10.3. The van der Waals surface area contributed by atoms with Gasteiger partial charge in [-0.3, -0.25) is 9.59 Å². The predicted molar refractivity (Wildman–Crippen MR) is 75.2 cm³/mol. The Hall–Kier alpha value is -2.56. The number of nitrogens with one attached hydrogen (secondary N) is 1. The summed E-state index contributed by atoms with van der Waals surface area (Å²) in [5.74, 6) is 0.747. The Morgan fingerprint density at radius 2 is 1.89 bits per heavy atom. The van der Waals surface area contributed by atoms with Gasteiger partial charge in [-0.2, -0.15) is 0 Å². The number of hydrogen-bond donors (Lipinski definition) is 2. The van der Waals surface area contributed by atoms with Crippen molar-refractivity contribution in [2.75, 3.05) is 17.7 Å². The lowest BCUT2D eigenvalue weighted by atomic mass is 10.1. The van der Waals surface area contributed by atoms with Crippen molar-refractivity contribution in [3.8, 4) is 5.75 Å². The fraction of sp³-hybridized carbons (Fsp3) is 0.143. The van der Waals surface area contributed by atoms with E-state index in [2.05, 4.69) is 11.9 Å². The van der Waals surface area contributed by atoms with Gasteiger partial charge in [-0.05, 0) is 17.7 Å². The molecule has 19 heavy (non-hydrogen) atoms. The first-order valence-corrected chi connectivity index (χ1v) is 5.78. The van der Waals surface area contributed by atoms with Crippen LogP contribution in [0.15, 0.2) is 46.5 Å². The van der Waals surface area contributed by atoms with E-state index < -0.39 is 10.9 Å². The summed E-state index contributed by atoms with van der Waals surface area (Å²) in [6.07, 6.45) is 1.67. The van der Waals surface area contributed by atoms with Crippen LogP contribution >= 0.6 is 0 Å². The molecule has 0 saturated carbocycles. The van der Waals surface area contributed by atoms with E-state index in [-0.39, 0.29) is 11.4 Å². The van der Waals surface area contributed by atoms with E-state index in [1.54, 1.807) is 6.08 Å². The van der Waals surface area contributed by atoms with E-state index in [1.807, 2.05) is 24.3 Å². The predicted octanol–water partition coefficient (Wildman–Crippen LogP) is 1.04. The molecule has 0 aromatic heterocycles. The summed E-state index contributed by atoms with van der Waals surface area (Å²) in [6.45, 7) is 4.45. The topological polar surface area (TPSA) is 81.4 Å². The van der Waals surface area contributed by atoms with Crippen molar-refractivity contribution in [1.82, 2.24) is 0 Å². The van der Waals surface area contributed by atoms with Crippen LogP contribution in [0.5, 0.6) is 5.75 Å². The van der Waals surface area contributed by atoms with Crippen molar-refractivity contribution in [3.05, 3.63) is 62.9 Å². The van der Waals surface area contributed by atoms with E-state index in [0.29, 0.717) is 13.2 Å². The first kappa shape index (κ1) is 12.9. The number of nitrogens with two attached hydrogens (primary N) is 1. The van der Waals surface area contributed by atoms with Crippen molar-refractivity contribution >= 4 is 11.4 Å². The first-order valence-electron chi connectivity index (χ1n) is 5.78. The van der Waals surface area contributed by atoms with Gasteiger partial charge in [0, 0.05) is 6.54 Å². The quantitative estimate of drug-likeness (QED) is 0.597. The Bertz CT molecular complexity index is 652. The monoisotopic (exact) mass is 258 g/mol. The van der Waals surface area contributed by atoms with Crippen molar-refractivity contribution in [1.29, 1.82) is 0 Å². The zero-order valence-corrected chi connectivity index (χ0v) is 10.3. The summed E-state index contributed by atoms with van der Waals surface area (Å²) in [4.78, 5) is 22.1. The lowest BCUT2D eigenvalue weighted by Gasteiger charge is -2.10. The standard InChI is InChI=1S/C14H14N2O3/c1-2-7-19-10-5-3-9(4-6-10)8-16-12-11(15)13(17)14(12)18/h2-6,16H,1,7-8,15H2. The number of benzene rings is 1. The highest BCUT2D eigenvalue weighted by atomic mass is 16.5. The molecule has 2 aromatic carbocycles. The molecule has 0 aliphatic heterocycles. The normalized spacial score (nSPS) is 10.3. The molecule has 0 unspecified atom stereocenters. The molecule has 0 fully saturated rings.